The normalized spacial score (nSPS) is 12.5. The monoisotopic (exact) mass is 143 g/mol. The molecular formula is C7H13NO2. The molecule has 0 amide bonds. The van der Waals surface area contributed by atoms with Crippen molar-refractivity contribution in [2.24, 2.45) is 0 Å². The van der Waals surface area contributed by atoms with Crippen molar-refractivity contribution in [1.29, 1.82) is 5.26 Å². The number of nitriles is 1. The van der Waals surface area contributed by atoms with Crippen molar-refractivity contribution in [2.75, 3.05) is 13.2 Å². The largest absolute Gasteiger partial charge is 0.396 e. The van der Waals surface area contributed by atoms with Crippen molar-refractivity contribution in [3.05, 3.63) is 0 Å². The van der Waals surface area contributed by atoms with Crippen molar-refractivity contribution in [3.63, 3.8) is 0 Å². The molecule has 0 fully saturated rings. The molecule has 1 atom stereocenters. The van der Waals surface area contributed by atoms with Crippen LogP contribution in [0.25, 0.3) is 0 Å². The molecular weight excluding hydrogens is 130 g/mol. The molecule has 0 heterocycles. The number of aliphatic hydroxyl groups is 1. The average Bonchev–Trinajstić information content (AvgIpc) is 1.99. The van der Waals surface area contributed by atoms with Crippen molar-refractivity contribution in [1.82, 2.24) is 0 Å². The maximum atomic E-state index is 8.39. The molecule has 0 aliphatic heterocycles. The SMILES string of the molecule is CCC(C#N)OCCCO. The van der Waals surface area contributed by atoms with E-state index in [1.807, 2.05) is 13.0 Å². The third-order valence-electron chi connectivity index (χ3n) is 1.14. The van der Waals surface area contributed by atoms with Gasteiger partial charge in [-0.3, -0.25) is 0 Å². The lowest BCUT2D eigenvalue weighted by atomic mass is 10.3. The molecule has 0 spiro atoms. The fourth-order valence-electron chi connectivity index (χ4n) is 0.537. The van der Waals surface area contributed by atoms with E-state index in [2.05, 4.69) is 0 Å². The summed E-state index contributed by atoms with van der Waals surface area (Å²) >= 11 is 0. The Morgan fingerprint density at radius 2 is 2.40 bits per heavy atom. The van der Waals surface area contributed by atoms with Crippen molar-refractivity contribution in [3.8, 4) is 6.07 Å². The third-order valence-corrected chi connectivity index (χ3v) is 1.14. The molecule has 0 aromatic heterocycles. The maximum absolute atomic E-state index is 8.39. The van der Waals surface area contributed by atoms with Crippen LogP contribution in [-0.4, -0.2) is 24.4 Å². The highest BCUT2D eigenvalue weighted by Gasteiger charge is 2.01. The van der Waals surface area contributed by atoms with Crippen molar-refractivity contribution < 1.29 is 9.84 Å². The van der Waals surface area contributed by atoms with E-state index in [9.17, 15) is 0 Å². The van der Waals surface area contributed by atoms with Crippen LogP contribution < -0.4 is 0 Å². The molecule has 0 aliphatic rings. The fourth-order valence-corrected chi connectivity index (χ4v) is 0.537. The molecule has 0 saturated heterocycles. The highest BCUT2D eigenvalue weighted by atomic mass is 16.5. The molecule has 0 saturated carbocycles. The Labute approximate surface area is 61.2 Å². The zero-order valence-electron chi connectivity index (χ0n) is 6.21. The average molecular weight is 143 g/mol. The number of ether oxygens (including phenoxy) is 1. The molecule has 0 rings (SSSR count). The molecule has 3 nitrogen and oxygen atoms in total. The molecule has 3 heteroatoms. The van der Waals surface area contributed by atoms with Crippen LogP contribution in [0.2, 0.25) is 0 Å². The van der Waals surface area contributed by atoms with Gasteiger partial charge in [-0.15, -0.1) is 0 Å². The Balaban J connectivity index is 3.20. The van der Waals surface area contributed by atoms with Gasteiger partial charge in [0.15, 0.2) is 0 Å². The van der Waals surface area contributed by atoms with Crippen molar-refractivity contribution >= 4 is 0 Å². The number of aliphatic hydroxyl groups excluding tert-OH is 1. The predicted octanol–water partition coefficient (Wildman–Crippen LogP) is 0.688. The molecule has 1 N–H and O–H groups in total. The molecule has 0 radical (unpaired) electrons. The fraction of sp³-hybridized carbons (Fsp3) is 0.857. The minimum atomic E-state index is -0.299. The minimum Gasteiger partial charge on any atom is -0.396 e. The van der Waals surface area contributed by atoms with Gasteiger partial charge in [-0.25, -0.2) is 0 Å². The van der Waals surface area contributed by atoms with Crippen LogP contribution in [0.15, 0.2) is 0 Å². The second-order valence-electron chi connectivity index (χ2n) is 1.97. The Bertz CT molecular complexity index is 109. The van der Waals surface area contributed by atoms with E-state index in [1.165, 1.54) is 0 Å². The lowest BCUT2D eigenvalue weighted by Gasteiger charge is -2.05. The number of hydrogen-bond acceptors (Lipinski definition) is 3. The van der Waals surface area contributed by atoms with Crippen LogP contribution in [0, 0.1) is 11.3 Å². The second-order valence-corrected chi connectivity index (χ2v) is 1.97. The Hall–Kier alpha value is -0.590. The summed E-state index contributed by atoms with van der Waals surface area (Å²) in [6, 6.07) is 2.01. The summed E-state index contributed by atoms with van der Waals surface area (Å²) in [5.74, 6) is 0. The summed E-state index contributed by atoms with van der Waals surface area (Å²) in [5.41, 5.74) is 0. The van der Waals surface area contributed by atoms with E-state index in [0.717, 1.165) is 0 Å². The first-order chi connectivity index (χ1) is 4.85. The van der Waals surface area contributed by atoms with E-state index >= 15 is 0 Å². The zero-order valence-corrected chi connectivity index (χ0v) is 6.21. The molecule has 0 bridgehead atoms. The first kappa shape index (κ1) is 9.41. The summed E-state index contributed by atoms with van der Waals surface area (Å²) in [7, 11) is 0. The smallest absolute Gasteiger partial charge is 0.143 e. The standard InChI is InChI=1S/C7H13NO2/c1-2-7(6-8)10-5-3-4-9/h7,9H,2-5H2,1H3. The van der Waals surface area contributed by atoms with Gasteiger partial charge in [-0.05, 0) is 12.8 Å². The summed E-state index contributed by atoms with van der Waals surface area (Å²) in [6.45, 7) is 2.50. The van der Waals surface area contributed by atoms with E-state index in [1.54, 1.807) is 0 Å². The summed E-state index contributed by atoms with van der Waals surface area (Å²) in [6.07, 6.45) is 1.02. The van der Waals surface area contributed by atoms with E-state index < -0.39 is 0 Å². The molecule has 0 aromatic rings. The van der Waals surface area contributed by atoms with E-state index in [4.69, 9.17) is 15.1 Å². The van der Waals surface area contributed by atoms with Gasteiger partial charge in [0.1, 0.15) is 6.10 Å². The van der Waals surface area contributed by atoms with Gasteiger partial charge in [0.2, 0.25) is 0 Å². The summed E-state index contributed by atoms with van der Waals surface area (Å²) in [5, 5.41) is 16.7. The van der Waals surface area contributed by atoms with Crippen LogP contribution in [-0.2, 0) is 4.74 Å². The molecule has 0 aliphatic carbocycles. The Morgan fingerprint density at radius 1 is 1.70 bits per heavy atom. The quantitative estimate of drug-likeness (QED) is 0.576. The van der Waals surface area contributed by atoms with Crippen LogP contribution in [0.3, 0.4) is 0 Å². The highest BCUT2D eigenvalue weighted by molar-refractivity contribution is 4.82. The molecule has 0 aromatic carbocycles. The van der Waals surface area contributed by atoms with Crippen LogP contribution in [0.1, 0.15) is 19.8 Å². The minimum absolute atomic E-state index is 0.127. The van der Waals surface area contributed by atoms with Gasteiger partial charge in [0.05, 0.1) is 12.7 Å². The third kappa shape index (κ3) is 4.30. The van der Waals surface area contributed by atoms with E-state index in [0.29, 0.717) is 19.4 Å². The van der Waals surface area contributed by atoms with Gasteiger partial charge in [-0.1, -0.05) is 6.92 Å². The first-order valence-electron chi connectivity index (χ1n) is 3.47. The molecule has 1 unspecified atom stereocenters. The maximum Gasteiger partial charge on any atom is 0.143 e. The number of nitrogens with zero attached hydrogens (tertiary/aromatic N) is 1. The highest BCUT2D eigenvalue weighted by Crippen LogP contribution is 1.95. The van der Waals surface area contributed by atoms with Gasteiger partial charge in [0, 0.05) is 6.61 Å². The van der Waals surface area contributed by atoms with Crippen LogP contribution in [0.4, 0.5) is 0 Å². The predicted molar refractivity (Wildman–Crippen MR) is 37.3 cm³/mol. The van der Waals surface area contributed by atoms with Crippen molar-refractivity contribution in [2.45, 2.75) is 25.9 Å². The van der Waals surface area contributed by atoms with Gasteiger partial charge in [-0.2, -0.15) is 5.26 Å². The first-order valence-corrected chi connectivity index (χ1v) is 3.47. The topological polar surface area (TPSA) is 53.2 Å². The second kappa shape index (κ2) is 6.53. The Kier molecular flexibility index (Phi) is 6.14. The Morgan fingerprint density at radius 3 is 2.80 bits per heavy atom. The van der Waals surface area contributed by atoms with Gasteiger partial charge in [0.25, 0.3) is 0 Å². The van der Waals surface area contributed by atoms with Gasteiger partial charge < -0.3 is 9.84 Å². The lowest BCUT2D eigenvalue weighted by molar-refractivity contribution is 0.0754. The van der Waals surface area contributed by atoms with Crippen LogP contribution in [0.5, 0.6) is 0 Å². The summed E-state index contributed by atoms with van der Waals surface area (Å²) < 4.78 is 5.06. The van der Waals surface area contributed by atoms with Gasteiger partial charge >= 0.3 is 0 Å². The molecule has 58 valence electrons. The number of hydrogen-bond donors (Lipinski definition) is 1. The number of rotatable bonds is 5. The zero-order chi connectivity index (χ0) is 7.82. The molecule has 10 heavy (non-hydrogen) atoms. The van der Waals surface area contributed by atoms with Crippen LogP contribution >= 0.6 is 0 Å². The summed E-state index contributed by atoms with van der Waals surface area (Å²) in [4.78, 5) is 0. The lowest BCUT2D eigenvalue weighted by Crippen LogP contribution is -2.10. The van der Waals surface area contributed by atoms with E-state index in [-0.39, 0.29) is 12.7 Å².